The second-order valence-corrected chi connectivity index (χ2v) is 3.72. The van der Waals surface area contributed by atoms with Crippen LogP contribution in [0.4, 0.5) is 13.2 Å². The first-order chi connectivity index (χ1) is 7.39. The van der Waals surface area contributed by atoms with Crippen molar-refractivity contribution in [1.82, 2.24) is 14.5 Å². The van der Waals surface area contributed by atoms with Crippen LogP contribution in [0.3, 0.4) is 0 Å². The number of carbonyl (C=O) groups is 1. The highest BCUT2D eigenvalue weighted by molar-refractivity contribution is 5.82. The largest absolute Gasteiger partial charge is 0.471 e. The summed E-state index contributed by atoms with van der Waals surface area (Å²) in [6.45, 7) is 0.0481. The van der Waals surface area contributed by atoms with E-state index in [0.29, 0.717) is 12.1 Å². The zero-order valence-electron chi connectivity index (χ0n) is 8.58. The Bertz CT molecular complexity index is 424. The van der Waals surface area contributed by atoms with Gasteiger partial charge in [-0.15, -0.1) is 0 Å². The van der Waals surface area contributed by atoms with Crippen LogP contribution in [-0.2, 0) is 24.8 Å². The highest BCUT2D eigenvalue weighted by Crippen LogP contribution is 2.23. The highest BCUT2D eigenvalue weighted by Gasteiger charge is 2.43. The number of hydrogen-bond donors (Lipinski definition) is 0. The number of fused-ring (bicyclic) bond motifs is 1. The molecule has 0 radical (unpaired) electrons. The molecule has 0 atom stereocenters. The number of aromatic nitrogens is 2. The third kappa shape index (κ3) is 1.77. The first-order valence-electron chi connectivity index (χ1n) is 4.75. The zero-order chi connectivity index (χ0) is 11.9. The molecule has 7 heteroatoms. The summed E-state index contributed by atoms with van der Waals surface area (Å²) in [6.07, 6.45) is -2.87. The minimum Gasteiger partial charge on any atom is -0.336 e. The smallest absolute Gasteiger partial charge is 0.336 e. The molecule has 1 amide bonds. The molecule has 4 nitrogen and oxygen atoms in total. The van der Waals surface area contributed by atoms with Gasteiger partial charge in [0.15, 0.2) is 0 Å². The van der Waals surface area contributed by atoms with E-state index in [9.17, 15) is 18.0 Å². The van der Waals surface area contributed by atoms with E-state index in [1.807, 2.05) is 0 Å². The Hall–Kier alpha value is -1.53. The predicted octanol–water partition coefficient (Wildman–Crippen LogP) is 0.867. The first-order valence-corrected chi connectivity index (χ1v) is 4.75. The topological polar surface area (TPSA) is 38.1 Å². The Labute approximate surface area is 89.7 Å². The average molecular weight is 233 g/mol. The lowest BCUT2D eigenvalue weighted by atomic mass is 10.1. The fourth-order valence-corrected chi connectivity index (χ4v) is 1.77. The third-order valence-electron chi connectivity index (χ3n) is 2.63. The molecule has 2 heterocycles. The van der Waals surface area contributed by atoms with Crippen LogP contribution in [-0.4, -0.2) is 33.1 Å². The van der Waals surface area contributed by atoms with Crippen molar-refractivity contribution in [2.75, 3.05) is 6.54 Å². The van der Waals surface area contributed by atoms with Crippen LogP contribution in [0.2, 0.25) is 0 Å². The van der Waals surface area contributed by atoms with Gasteiger partial charge in [0.05, 0.1) is 24.3 Å². The minimum absolute atomic E-state index is 0.0236. The maximum atomic E-state index is 12.2. The van der Waals surface area contributed by atoms with Crippen molar-refractivity contribution < 1.29 is 18.0 Å². The summed E-state index contributed by atoms with van der Waals surface area (Å²) in [6, 6.07) is 0. The summed E-state index contributed by atoms with van der Waals surface area (Å²) in [4.78, 5) is 15.9. The molecule has 1 aliphatic rings. The summed E-state index contributed by atoms with van der Waals surface area (Å²) in [5, 5.41) is 0. The number of carbonyl (C=O) groups excluding carboxylic acids is 1. The molecule has 1 aliphatic heterocycles. The van der Waals surface area contributed by atoms with E-state index < -0.39 is 12.1 Å². The molecule has 0 fully saturated rings. The van der Waals surface area contributed by atoms with Gasteiger partial charge in [0.1, 0.15) is 0 Å². The fourth-order valence-electron chi connectivity index (χ4n) is 1.77. The lowest BCUT2D eigenvalue weighted by Crippen LogP contribution is -2.44. The highest BCUT2D eigenvalue weighted by atomic mass is 19.4. The number of aryl methyl sites for hydroxylation is 1. The number of halogens is 3. The van der Waals surface area contributed by atoms with Crippen LogP contribution in [0.5, 0.6) is 0 Å². The predicted molar refractivity (Wildman–Crippen MR) is 48.4 cm³/mol. The van der Waals surface area contributed by atoms with Gasteiger partial charge in [-0.05, 0) is 0 Å². The quantitative estimate of drug-likeness (QED) is 0.666. The van der Waals surface area contributed by atoms with E-state index in [1.54, 1.807) is 17.9 Å². The van der Waals surface area contributed by atoms with Crippen molar-refractivity contribution in [1.29, 1.82) is 0 Å². The molecule has 1 aromatic rings. The molecular formula is C9H10F3N3O. The number of amides is 1. The monoisotopic (exact) mass is 233 g/mol. The lowest BCUT2D eigenvalue weighted by molar-refractivity contribution is -0.186. The Morgan fingerprint density at radius 2 is 2.19 bits per heavy atom. The maximum Gasteiger partial charge on any atom is 0.471 e. The van der Waals surface area contributed by atoms with Gasteiger partial charge in [0, 0.05) is 20.0 Å². The second-order valence-electron chi connectivity index (χ2n) is 3.72. The first kappa shape index (κ1) is 11.0. The van der Waals surface area contributed by atoms with Crippen molar-refractivity contribution >= 4 is 5.91 Å². The minimum atomic E-state index is -4.80. The van der Waals surface area contributed by atoms with Gasteiger partial charge in [-0.2, -0.15) is 13.2 Å². The molecule has 0 N–H and O–H groups in total. The summed E-state index contributed by atoms with van der Waals surface area (Å²) < 4.78 is 38.3. The van der Waals surface area contributed by atoms with Crippen LogP contribution < -0.4 is 0 Å². The van der Waals surface area contributed by atoms with Crippen LogP contribution in [0.15, 0.2) is 6.33 Å². The molecule has 2 rings (SSSR count). The Kier molecular flexibility index (Phi) is 2.40. The van der Waals surface area contributed by atoms with Crippen LogP contribution >= 0.6 is 0 Å². The molecule has 0 spiro atoms. The normalized spacial score (nSPS) is 16.1. The van der Waals surface area contributed by atoms with E-state index in [1.165, 1.54) is 0 Å². The lowest BCUT2D eigenvalue weighted by Gasteiger charge is -2.27. The molecule has 0 bridgehead atoms. The number of nitrogens with zero attached hydrogens (tertiary/aromatic N) is 3. The molecular weight excluding hydrogens is 223 g/mol. The average Bonchev–Trinajstić information content (AvgIpc) is 2.58. The van der Waals surface area contributed by atoms with E-state index >= 15 is 0 Å². The van der Waals surface area contributed by atoms with Gasteiger partial charge in [-0.1, -0.05) is 0 Å². The molecule has 0 aliphatic carbocycles. The number of hydrogen-bond acceptors (Lipinski definition) is 2. The van der Waals surface area contributed by atoms with Crippen LogP contribution in [0, 0.1) is 0 Å². The van der Waals surface area contributed by atoms with E-state index in [2.05, 4.69) is 4.98 Å². The number of alkyl halides is 3. The Morgan fingerprint density at radius 3 is 2.81 bits per heavy atom. The molecule has 0 unspecified atom stereocenters. The molecule has 16 heavy (non-hydrogen) atoms. The molecule has 88 valence electrons. The van der Waals surface area contributed by atoms with E-state index in [4.69, 9.17) is 0 Å². The molecule has 0 saturated heterocycles. The summed E-state index contributed by atoms with van der Waals surface area (Å²) in [7, 11) is 1.70. The third-order valence-corrected chi connectivity index (χ3v) is 2.63. The van der Waals surface area contributed by atoms with Gasteiger partial charge in [-0.25, -0.2) is 4.98 Å². The van der Waals surface area contributed by atoms with Crippen molar-refractivity contribution in [2.24, 2.45) is 7.05 Å². The zero-order valence-corrected chi connectivity index (χ0v) is 8.58. The van der Waals surface area contributed by atoms with Gasteiger partial charge in [0.2, 0.25) is 0 Å². The summed E-state index contributed by atoms with van der Waals surface area (Å²) >= 11 is 0. The van der Waals surface area contributed by atoms with E-state index in [-0.39, 0.29) is 13.1 Å². The van der Waals surface area contributed by atoms with Gasteiger partial charge in [-0.3, -0.25) is 4.79 Å². The summed E-state index contributed by atoms with van der Waals surface area (Å²) in [5.74, 6) is -1.78. The van der Waals surface area contributed by atoms with Crippen LogP contribution in [0.1, 0.15) is 11.4 Å². The second kappa shape index (κ2) is 3.50. The summed E-state index contributed by atoms with van der Waals surface area (Å²) in [5.41, 5.74) is 1.44. The fraction of sp³-hybridized carbons (Fsp3) is 0.556. The maximum absolute atomic E-state index is 12.2. The molecule has 0 aromatic carbocycles. The van der Waals surface area contributed by atoms with Gasteiger partial charge >= 0.3 is 12.1 Å². The van der Waals surface area contributed by atoms with E-state index in [0.717, 1.165) is 10.6 Å². The Balaban J connectivity index is 2.20. The number of imidazole rings is 1. The van der Waals surface area contributed by atoms with Crippen molar-refractivity contribution in [3.63, 3.8) is 0 Å². The van der Waals surface area contributed by atoms with Crippen molar-refractivity contribution in [2.45, 2.75) is 19.1 Å². The standard InChI is InChI=1S/C9H10F3N3O/c1-14-5-13-6-2-3-15(4-7(6)14)8(16)9(10,11)12/h5H,2-4H2,1H3. The SMILES string of the molecule is Cn1cnc2c1CN(C(=O)C(F)(F)F)CC2. The number of rotatable bonds is 0. The van der Waals surface area contributed by atoms with Crippen LogP contribution in [0.25, 0.3) is 0 Å². The Morgan fingerprint density at radius 1 is 1.50 bits per heavy atom. The van der Waals surface area contributed by atoms with Gasteiger partial charge < -0.3 is 9.47 Å². The molecule has 0 saturated carbocycles. The van der Waals surface area contributed by atoms with Crippen molar-refractivity contribution in [3.8, 4) is 0 Å². The van der Waals surface area contributed by atoms with Gasteiger partial charge in [0.25, 0.3) is 0 Å². The molecule has 1 aromatic heterocycles. The van der Waals surface area contributed by atoms with Crippen molar-refractivity contribution in [3.05, 3.63) is 17.7 Å².